The van der Waals surface area contributed by atoms with Crippen LogP contribution in [0.15, 0.2) is 62.7 Å². The van der Waals surface area contributed by atoms with E-state index in [2.05, 4.69) is 10.4 Å². The summed E-state index contributed by atoms with van der Waals surface area (Å²) in [6.45, 7) is 0.244. The van der Waals surface area contributed by atoms with Gasteiger partial charge in [-0.25, -0.2) is 5.01 Å². The van der Waals surface area contributed by atoms with Gasteiger partial charge in [0.05, 0.1) is 19.4 Å². The first-order chi connectivity index (χ1) is 15.1. The number of carbonyl (C=O) groups is 2. The number of para-hydroxylation sites is 1. The lowest BCUT2D eigenvalue weighted by Crippen LogP contribution is -2.41. The standard InChI is InChI=1S/C23H24N4O4/c1-26(13-22(28)24-16-8-9-16)14-23(29)27-18(20-7-4-10-30-20)12-17(25-27)21-11-15-5-2-3-6-19(15)31-21/h2-7,10-11,16,18H,8-9,12-14H2,1H3,(H,24,28)/t18-/m1/s1. The molecule has 3 heterocycles. The zero-order valence-electron chi connectivity index (χ0n) is 17.3. The van der Waals surface area contributed by atoms with Crippen molar-refractivity contribution in [2.24, 2.45) is 5.10 Å². The Morgan fingerprint density at radius 1 is 1.19 bits per heavy atom. The largest absolute Gasteiger partial charge is 0.467 e. The second kappa shape index (κ2) is 8.03. The molecule has 2 amide bonds. The average molecular weight is 420 g/mol. The molecule has 0 saturated heterocycles. The maximum Gasteiger partial charge on any atom is 0.257 e. The summed E-state index contributed by atoms with van der Waals surface area (Å²) in [5, 5.41) is 9.98. The number of amides is 2. The lowest BCUT2D eigenvalue weighted by molar-refractivity contribution is -0.134. The van der Waals surface area contributed by atoms with E-state index in [4.69, 9.17) is 8.83 Å². The summed E-state index contributed by atoms with van der Waals surface area (Å²) in [6.07, 6.45) is 4.15. The molecule has 1 fully saturated rings. The van der Waals surface area contributed by atoms with Gasteiger partial charge in [-0.05, 0) is 44.2 Å². The van der Waals surface area contributed by atoms with Crippen LogP contribution in [0.3, 0.4) is 0 Å². The predicted octanol–water partition coefficient (Wildman–Crippen LogP) is 2.91. The number of nitrogens with zero attached hydrogens (tertiary/aromatic N) is 3. The van der Waals surface area contributed by atoms with Crippen LogP contribution in [0.1, 0.15) is 36.8 Å². The molecule has 160 valence electrons. The minimum atomic E-state index is -0.348. The Labute approximate surface area is 179 Å². The Morgan fingerprint density at radius 2 is 2.03 bits per heavy atom. The van der Waals surface area contributed by atoms with Gasteiger partial charge in [0.15, 0.2) is 5.76 Å². The number of hydrazone groups is 1. The zero-order chi connectivity index (χ0) is 21.4. The summed E-state index contributed by atoms with van der Waals surface area (Å²) < 4.78 is 11.5. The van der Waals surface area contributed by atoms with Crippen LogP contribution in [0, 0.1) is 0 Å². The van der Waals surface area contributed by atoms with Gasteiger partial charge in [-0.3, -0.25) is 14.5 Å². The first kappa shape index (κ1) is 19.6. The third kappa shape index (κ3) is 4.25. The Balaban J connectivity index is 1.34. The number of furan rings is 2. The first-order valence-corrected chi connectivity index (χ1v) is 10.5. The van der Waals surface area contributed by atoms with Crippen LogP contribution in [0.4, 0.5) is 0 Å². The predicted molar refractivity (Wildman–Crippen MR) is 114 cm³/mol. The van der Waals surface area contributed by atoms with Crippen LogP contribution in [0.5, 0.6) is 0 Å². The van der Waals surface area contributed by atoms with E-state index >= 15 is 0 Å². The van der Waals surface area contributed by atoms with Crippen LogP contribution in [-0.2, 0) is 9.59 Å². The number of nitrogens with one attached hydrogen (secondary N) is 1. The molecule has 1 aliphatic carbocycles. The number of fused-ring (bicyclic) bond motifs is 1. The van der Waals surface area contributed by atoms with Gasteiger partial charge in [0.2, 0.25) is 5.91 Å². The highest BCUT2D eigenvalue weighted by Gasteiger charge is 2.36. The van der Waals surface area contributed by atoms with Gasteiger partial charge in [0.25, 0.3) is 5.91 Å². The van der Waals surface area contributed by atoms with Gasteiger partial charge in [0, 0.05) is 17.8 Å². The third-order valence-electron chi connectivity index (χ3n) is 5.51. The van der Waals surface area contributed by atoms with Crippen LogP contribution in [-0.4, -0.2) is 53.6 Å². The van der Waals surface area contributed by atoms with Crippen molar-refractivity contribution in [1.29, 1.82) is 0 Å². The fraction of sp³-hybridized carbons (Fsp3) is 0.348. The number of benzene rings is 1. The molecule has 0 radical (unpaired) electrons. The van der Waals surface area contributed by atoms with E-state index in [0.29, 0.717) is 29.7 Å². The highest BCUT2D eigenvalue weighted by Crippen LogP contribution is 2.34. The number of hydrogen-bond acceptors (Lipinski definition) is 6. The van der Waals surface area contributed by atoms with Crippen LogP contribution < -0.4 is 5.32 Å². The zero-order valence-corrected chi connectivity index (χ0v) is 17.3. The van der Waals surface area contributed by atoms with Crippen molar-refractivity contribution in [2.45, 2.75) is 31.3 Å². The van der Waals surface area contributed by atoms with Gasteiger partial charge >= 0.3 is 0 Å². The van der Waals surface area contributed by atoms with Crippen molar-refractivity contribution in [3.8, 4) is 0 Å². The van der Waals surface area contributed by atoms with Crippen molar-refractivity contribution >= 4 is 28.5 Å². The van der Waals surface area contributed by atoms with E-state index in [1.807, 2.05) is 36.4 Å². The second-order valence-electron chi connectivity index (χ2n) is 8.18. The topological polar surface area (TPSA) is 91.3 Å². The quantitative estimate of drug-likeness (QED) is 0.635. The molecule has 1 aromatic carbocycles. The fourth-order valence-corrected chi connectivity index (χ4v) is 3.82. The summed E-state index contributed by atoms with van der Waals surface area (Å²) in [7, 11) is 1.76. The molecule has 0 bridgehead atoms. The van der Waals surface area contributed by atoms with Gasteiger partial charge in [-0.2, -0.15) is 5.10 Å². The third-order valence-corrected chi connectivity index (χ3v) is 5.51. The summed E-state index contributed by atoms with van der Waals surface area (Å²) in [4.78, 5) is 26.8. The van der Waals surface area contributed by atoms with Crippen molar-refractivity contribution < 1.29 is 18.4 Å². The number of hydrogen-bond donors (Lipinski definition) is 1. The van der Waals surface area contributed by atoms with Gasteiger partial charge in [0.1, 0.15) is 23.1 Å². The highest BCUT2D eigenvalue weighted by atomic mass is 16.3. The highest BCUT2D eigenvalue weighted by molar-refractivity contribution is 6.03. The van der Waals surface area contributed by atoms with E-state index in [1.54, 1.807) is 24.3 Å². The molecule has 3 aromatic rings. The molecular weight excluding hydrogens is 396 g/mol. The maximum absolute atomic E-state index is 13.1. The normalized spacial score (nSPS) is 18.6. The Kier molecular flexibility index (Phi) is 5.07. The average Bonchev–Trinajstić information content (AvgIpc) is 3.18. The molecule has 5 rings (SSSR count). The molecular formula is C23H24N4O4. The van der Waals surface area contributed by atoms with E-state index < -0.39 is 0 Å². The van der Waals surface area contributed by atoms with E-state index in [9.17, 15) is 9.59 Å². The SMILES string of the molecule is CN(CC(=O)NC1CC1)CC(=O)N1N=C(c2cc3ccccc3o2)C[C@@H]1c1ccco1. The minimum absolute atomic E-state index is 0.0618. The molecule has 0 spiro atoms. The fourth-order valence-electron chi connectivity index (χ4n) is 3.82. The van der Waals surface area contributed by atoms with Crippen LogP contribution in [0.2, 0.25) is 0 Å². The van der Waals surface area contributed by atoms with E-state index in [0.717, 1.165) is 23.8 Å². The second-order valence-corrected chi connectivity index (χ2v) is 8.18. The summed E-state index contributed by atoms with van der Waals surface area (Å²) in [6, 6.07) is 13.3. The monoisotopic (exact) mass is 420 g/mol. The molecule has 1 aliphatic heterocycles. The molecule has 1 N–H and O–H groups in total. The van der Waals surface area contributed by atoms with Crippen molar-refractivity contribution in [1.82, 2.24) is 15.2 Å². The van der Waals surface area contributed by atoms with Gasteiger partial charge in [-0.15, -0.1) is 0 Å². The molecule has 1 atom stereocenters. The molecule has 2 aromatic heterocycles. The molecule has 8 nitrogen and oxygen atoms in total. The molecule has 31 heavy (non-hydrogen) atoms. The lowest BCUT2D eigenvalue weighted by Gasteiger charge is -2.23. The molecule has 0 unspecified atom stereocenters. The summed E-state index contributed by atoms with van der Waals surface area (Å²) in [5.41, 5.74) is 1.47. The van der Waals surface area contributed by atoms with Crippen molar-refractivity contribution in [3.05, 3.63) is 60.2 Å². The Morgan fingerprint density at radius 3 is 2.77 bits per heavy atom. The van der Waals surface area contributed by atoms with Gasteiger partial charge in [-0.1, -0.05) is 18.2 Å². The smallest absolute Gasteiger partial charge is 0.257 e. The maximum atomic E-state index is 13.1. The van der Waals surface area contributed by atoms with Crippen LogP contribution >= 0.6 is 0 Å². The summed E-state index contributed by atoms with van der Waals surface area (Å²) >= 11 is 0. The first-order valence-electron chi connectivity index (χ1n) is 10.5. The van der Waals surface area contributed by atoms with E-state index in [-0.39, 0.29) is 30.9 Å². The van der Waals surface area contributed by atoms with Gasteiger partial charge < -0.3 is 14.2 Å². The Bertz CT molecular complexity index is 1100. The molecule has 8 heteroatoms. The number of carbonyl (C=O) groups excluding carboxylic acids is 2. The molecule has 1 saturated carbocycles. The number of likely N-dealkylation sites (N-methyl/N-ethyl adjacent to an activating group) is 1. The van der Waals surface area contributed by atoms with Crippen LogP contribution in [0.25, 0.3) is 11.0 Å². The van der Waals surface area contributed by atoms with Crippen molar-refractivity contribution in [3.63, 3.8) is 0 Å². The van der Waals surface area contributed by atoms with E-state index in [1.165, 1.54) is 5.01 Å². The van der Waals surface area contributed by atoms with Crippen molar-refractivity contribution in [2.75, 3.05) is 20.1 Å². The molecule has 2 aliphatic rings. The number of rotatable bonds is 7. The lowest BCUT2D eigenvalue weighted by atomic mass is 10.1. The Hall–Kier alpha value is -3.39. The summed E-state index contributed by atoms with van der Waals surface area (Å²) in [5.74, 6) is 1.05. The minimum Gasteiger partial charge on any atom is -0.467 e.